The summed E-state index contributed by atoms with van der Waals surface area (Å²) in [6.07, 6.45) is 3.62. The minimum Gasteiger partial charge on any atom is -0.321 e. The second-order valence-corrected chi connectivity index (χ2v) is 7.99. The maximum atomic E-state index is 13.3. The molecule has 2 heterocycles. The summed E-state index contributed by atoms with van der Waals surface area (Å²) >= 11 is 1.17. The van der Waals surface area contributed by atoms with Crippen molar-refractivity contribution in [1.82, 2.24) is 9.78 Å². The fraction of sp³-hybridized carbons (Fsp3) is 0.0870. The van der Waals surface area contributed by atoms with Crippen LogP contribution in [0.5, 0.6) is 0 Å². The summed E-state index contributed by atoms with van der Waals surface area (Å²) in [6, 6.07) is 16.6. The van der Waals surface area contributed by atoms with Crippen LogP contribution in [0.2, 0.25) is 0 Å². The number of thiophene rings is 1. The first-order chi connectivity index (χ1) is 15.0. The molecule has 0 atom stereocenters. The van der Waals surface area contributed by atoms with Crippen molar-refractivity contribution in [2.75, 3.05) is 10.6 Å². The molecule has 0 aliphatic carbocycles. The second kappa shape index (κ2) is 8.93. The van der Waals surface area contributed by atoms with E-state index in [2.05, 4.69) is 15.7 Å². The molecule has 2 amide bonds. The van der Waals surface area contributed by atoms with Crippen molar-refractivity contribution in [3.63, 3.8) is 0 Å². The van der Waals surface area contributed by atoms with Gasteiger partial charge in [0.15, 0.2) is 0 Å². The van der Waals surface area contributed by atoms with Crippen molar-refractivity contribution in [3.8, 4) is 0 Å². The van der Waals surface area contributed by atoms with Crippen LogP contribution in [0.1, 0.15) is 31.2 Å². The van der Waals surface area contributed by atoms with Gasteiger partial charge in [0.05, 0.1) is 16.4 Å². The molecule has 6 nitrogen and oxygen atoms in total. The van der Waals surface area contributed by atoms with Gasteiger partial charge in [-0.2, -0.15) is 5.10 Å². The monoisotopic (exact) mass is 434 g/mol. The minimum atomic E-state index is -0.481. The van der Waals surface area contributed by atoms with Crippen LogP contribution < -0.4 is 10.6 Å². The van der Waals surface area contributed by atoms with Gasteiger partial charge in [0.25, 0.3) is 11.8 Å². The summed E-state index contributed by atoms with van der Waals surface area (Å²) in [5, 5.41) is 10.3. The molecule has 0 aliphatic heterocycles. The number of amides is 2. The molecule has 0 radical (unpaired) electrons. The molecule has 0 fully saturated rings. The first-order valence-electron chi connectivity index (χ1n) is 9.53. The number of benzene rings is 2. The standard InChI is InChI=1S/C23H19FN4O2S/c1-15-12-20(27-22(29)17-4-2-5-18(24)13-17)31-21(15)23(30)26-19-8-6-16(7-9-19)14-28-11-3-10-25-28/h2-13H,14H2,1H3,(H,26,30)(H,27,29). The number of nitrogens with zero attached hydrogens (tertiary/aromatic N) is 2. The fourth-order valence-corrected chi connectivity index (χ4v) is 4.01. The number of hydrogen-bond donors (Lipinski definition) is 2. The smallest absolute Gasteiger partial charge is 0.266 e. The molecule has 4 aromatic rings. The lowest BCUT2D eigenvalue weighted by molar-refractivity contribution is 0.101. The van der Waals surface area contributed by atoms with Crippen molar-refractivity contribution in [1.29, 1.82) is 0 Å². The van der Waals surface area contributed by atoms with E-state index < -0.39 is 11.7 Å². The lowest BCUT2D eigenvalue weighted by atomic mass is 10.2. The number of halogens is 1. The molecule has 0 bridgehead atoms. The van der Waals surface area contributed by atoms with E-state index in [4.69, 9.17) is 0 Å². The predicted octanol–water partition coefficient (Wildman–Crippen LogP) is 4.95. The van der Waals surface area contributed by atoms with Crippen LogP contribution >= 0.6 is 11.3 Å². The SMILES string of the molecule is Cc1cc(NC(=O)c2cccc(F)c2)sc1C(=O)Nc1ccc(Cn2cccn2)cc1. The first kappa shape index (κ1) is 20.5. The van der Waals surface area contributed by atoms with Crippen LogP contribution in [0.3, 0.4) is 0 Å². The topological polar surface area (TPSA) is 76.0 Å². The van der Waals surface area contributed by atoms with Gasteiger partial charge in [0, 0.05) is 23.6 Å². The van der Waals surface area contributed by atoms with Gasteiger partial charge in [0.2, 0.25) is 0 Å². The Morgan fingerprint density at radius 1 is 1.03 bits per heavy atom. The molecule has 8 heteroatoms. The van der Waals surface area contributed by atoms with Gasteiger partial charge in [0.1, 0.15) is 5.82 Å². The molecule has 0 unspecified atom stereocenters. The molecule has 0 aliphatic rings. The summed E-state index contributed by atoms with van der Waals surface area (Å²) in [5.74, 6) is -1.17. The molecule has 2 aromatic heterocycles. The van der Waals surface area contributed by atoms with Crippen molar-refractivity contribution in [3.05, 3.63) is 100 Å². The van der Waals surface area contributed by atoms with Crippen LogP contribution in [0.4, 0.5) is 15.1 Å². The van der Waals surface area contributed by atoms with Crippen LogP contribution in [-0.2, 0) is 6.54 Å². The van der Waals surface area contributed by atoms with Gasteiger partial charge >= 0.3 is 0 Å². The van der Waals surface area contributed by atoms with Crippen molar-refractivity contribution < 1.29 is 14.0 Å². The normalized spacial score (nSPS) is 10.6. The number of hydrogen-bond acceptors (Lipinski definition) is 4. The highest BCUT2D eigenvalue weighted by Gasteiger charge is 2.16. The van der Waals surface area contributed by atoms with Gasteiger partial charge in [-0.25, -0.2) is 4.39 Å². The Morgan fingerprint density at radius 3 is 2.55 bits per heavy atom. The minimum absolute atomic E-state index is 0.215. The van der Waals surface area contributed by atoms with Crippen LogP contribution in [0.15, 0.2) is 73.1 Å². The van der Waals surface area contributed by atoms with E-state index in [9.17, 15) is 14.0 Å². The molecular formula is C23H19FN4O2S. The van der Waals surface area contributed by atoms with Crippen molar-refractivity contribution >= 4 is 33.8 Å². The zero-order valence-corrected chi connectivity index (χ0v) is 17.4. The molecule has 2 aromatic carbocycles. The molecule has 0 spiro atoms. The molecule has 156 valence electrons. The van der Waals surface area contributed by atoms with E-state index in [-0.39, 0.29) is 11.5 Å². The largest absolute Gasteiger partial charge is 0.321 e. The Bertz CT molecular complexity index is 1220. The van der Waals surface area contributed by atoms with Crippen molar-refractivity contribution in [2.45, 2.75) is 13.5 Å². The average Bonchev–Trinajstić information content (AvgIpc) is 3.39. The number of aryl methyl sites for hydroxylation is 1. The molecule has 0 saturated carbocycles. The van der Waals surface area contributed by atoms with E-state index in [1.165, 1.54) is 35.6 Å². The van der Waals surface area contributed by atoms with Crippen LogP contribution in [-0.4, -0.2) is 21.6 Å². The molecular weight excluding hydrogens is 415 g/mol. The lowest BCUT2D eigenvalue weighted by Crippen LogP contribution is -2.12. The maximum Gasteiger partial charge on any atom is 0.266 e. The van der Waals surface area contributed by atoms with E-state index in [1.54, 1.807) is 19.2 Å². The van der Waals surface area contributed by atoms with Gasteiger partial charge < -0.3 is 10.6 Å². The summed E-state index contributed by atoms with van der Waals surface area (Å²) in [6.45, 7) is 2.45. The zero-order valence-electron chi connectivity index (χ0n) is 16.6. The third-order valence-electron chi connectivity index (χ3n) is 4.56. The Morgan fingerprint density at radius 2 is 1.84 bits per heavy atom. The van der Waals surface area contributed by atoms with Gasteiger partial charge in [-0.1, -0.05) is 18.2 Å². The highest BCUT2D eigenvalue weighted by atomic mass is 32.1. The Labute approximate surface area is 182 Å². The molecule has 31 heavy (non-hydrogen) atoms. The fourth-order valence-electron chi connectivity index (χ4n) is 3.05. The number of carbonyl (C=O) groups is 2. The summed E-state index contributed by atoms with van der Waals surface area (Å²) in [5.41, 5.74) is 2.70. The first-order valence-corrected chi connectivity index (χ1v) is 10.3. The number of carbonyl (C=O) groups excluding carboxylic acids is 2. The number of rotatable bonds is 6. The van der Waals surface area contributed by atoms with Crippen LogP contribution in [0, 0.1) is 12.7 Å². The summed E-state index contributed by atoms with van der Waals surface area (Å²) < 4.78 is 15.2. The summed E-state index contributed by atoms with van der Waals surface area (Å²) in [4.78, 5) is 25.5. The van der Waals surface area contributed by atoms with Crippen LogP contribution in [0.25, 0.3) is 0 Å². The van der Waals surface area contributed by atoms with Gasteiger partial charge in [-0.15, -0.1) is 11.3 Å². The molecule has 4 rings (SSSR count). The zero-order chi connectivity index (χ0) is 21.8. The van der Waals surface area contributed by atoms with Gasteiger partial charge in [-0.05, 0) is 60.5 Å². The predicted molar refractivity (Wildman–Crippen MR) is 119 cm³/mol. The second-order valence-electron chi connectivity index (χ2n) is 6.94. The Balaban J connectivity index is 1.41. The molecule has 0 saturated heterocycles. The summed E-state index contributed by atoms with van der Waals surface area (Å²) in [7, 11) is 0. The lowest BCUT2D eigenvalue weighted by Gasteiger charge is -2.07. The third-order valence-corrected chi connectivity index (χ3v) is 5.71. The Kier molecular flexibility index (Phi) is 5.90. The number of aromatic nitrogens is 2. The van der Waals surface area contributed by atoms with E-state index in [0.717, 1.165) is 11.1 Å². The van der Waals surface area contributed by atoms with Crippen molar-refractivity contribution in [2.24, 2.45) is 0 Å². The highest BCUT2D eigenvalue weighted by Crippen LogP contribution is 2.28. The van der Waals surface area contributed by atoms with E-state index >= 15 is 0 Å². The number of anilines is 2. The number of nitrogens with one attached hydrogen (secondary N) is 2. The average molecular weight is 434 g/mol. The molecule has 2 N–H and O–H groups in total. The van der Waals surface area contributed by atoms with E-state index in [1.807, 2.05) is 41.2 Å². The van der Waals surface area contributed by atoms with Gasteiger partial charge in [-0.3, -0.25) is 14.3 Å². The highest BCUT2D eigenvalue weighted by molar-refractivity contribution is 7.18. The van der Waals surface area contributed by atoms with E-state index in [0.29, 0.717) is 22.1 Å². The maximum absolute atomic E-state index is 13.3. The Hall–Kier alpha value is -3.78. The third kappa shape index (κ3) is 5.04. The quantitative estimate of drug-likeness (QED) is 0.451.